The predicted octanol–water partition coefficient (Wildman–Crippen LogP) is 2.37. The molecule has 0 radical (unpaired) electrons. The maximum absolute atomic E-state index is 13.6. The molecule has 0 aromatic heterocycles. The zero-order valence-electron chi connectivity index (χ0n) is 16.6. The molecule has 8 nitrogen and oxygen atoms in total. The lowest BCUT2D eigenvalue weighted by atomic mass is 9.77. The number of nitrogens with zero attached hydrogens (tertiary/aromatic N) is 1. The van der Waals surface area contributed by atoms with Crippen molar-refractivity contribution in [1.29, 1.82) is 0 Å². The molecule has 2 aromatic carbocycles. The highest BCUT2D eigenvalue weighted by Gasteiger charge is 2.59. The number of imide groups is 1. The number of halogens is 1. The molecule has 0 aliphatic carbocycles. The van der Waals surface area contributed by atoms with Gasteiger partial charge in [0.25, 0.3) is 0 Å². The molecule has 32 heavy (non-hydrogen) atoms. The molecule has 3 heterocycles. The Morgan fingerprint density at radius 3 is 2.50 bits per heavy atom. The highest BCUT2D eigenvalue weighted by atomic mass is 35.5. The third kappa shape index (κ3) is 3.00. The van der Waals surface area contributed by atoms with Crippen molar-refractivity contribution in [3.8, 4) is 5.75 Å². The minimum atomic E-state index is -0.862. The van der Waals surface area contributed by atoms with Crippen LogP contribution in [0.15, 0.2) is 59.1 Å². The van der Waals surface area contributed by atoms with Crippen LogP contribution in [0.2, 0.25) is 0 Å². The molecule has 0 spiro atoms. The Hall–Kier alpha value is -3.30. The number of thioether (sulfide) groups is 1. The average Bonchev–Trinajstić information content (AvgIpc) is 3.02. The van der Waals surface area contributed by atoms with Crippen molar-refractivity contribution in [3.63, 3.8) is 0 Å². The summed E-state index contributed by atoms with van der Waals surface area (Å²) < 4.78 is 10.2. The summed E-state index contributed by atoms with van der Waals surface area (Å²) >= 11 is 0.980. The zero-order valence-corrected chi connectivity index (χ0v) is 18.3. The standard InChI is InChI=1S/C22H16N2O6S.ClH/c1-29-21(27)10-6-2-4-8-12(10)24-19(25)15-14-11-7-3-5-9-13(11)30-22(28)16(14)18(23)31-17(15)20(24)26;/h2-9,14-15,17H,23H2,1H3;1H. The van der Waals surface area contributed by atoms with E-state index in [-0.39, 0.29) is 34.3 Å². The second-order valence-electron chi connectivity index (χ2n) is 7.27. The van der Waals surface area contributed by atoms with Crippen LogP contribution in [0.3, 0.4) is 0 Å². The quantitative estimate of drug-likeness (QED) is 0.402. The van der Waals surface area contributed by atoms with Gasteiger partial charge in [-0.25, -0.2) is 14.5 Å². The van der Waals surface area contributed by atoms with Gasteiger partial charge >= 0.3 is 11.9 Å². The van der Waals surface area contributed by atoms with Gasteiger partial charge in [0.15, 0.2) is 0 Å². The van der Waals surface area contributed by atoms with Gasteiger partial charge in [-0.1, -0.05) is 42.1 Å². The Labute approximate surface area is 193 Å². The van der Waals surface area contributed by atoms with Crippen molar-refractivity contribution in [1.82, 2.24) is 0 Å². The van der Waals surface area contributed by atoms with Crippen molar-refractivity contribution < 1.29 is 28.7 Å². The number of benzene rings is 2. The van der Waals surface area contributed by atoms with Crippen LogP contribution in [0.1, 0.15) is 21.8 Å². The Bertz CT molecular complexity index is 1210. The second kappa shape index (κ2) is 7.99. The van der Waals surface area contributed by atoms with Crippen LogP contribution in [0.5, 0.6) is 5.75 Å². The molecule has 3 aliphatic rings. The summed E-state index contributed by atoms with van der Waals surface area (Å²) in [6.07, 6.45) is 0. The van der Waals surface area contributed by atoms with E-state index in [1.807, 2.05) is 0 Å². The molecule has 2 amide bonds. The van der Waals surface area contributed by atoms with E-state index in [1.165, 1.54) is 19.2 Å². The van der Waals surface area contributed by atoms with Gasteiger partial charge in [-0.15, -0.1) is 12.4 Å². The fourth-order valence-corrected chi connectivity index (χ4v) is 5.63. The summed E-state index contributed by atoms with van der Waals surface area (Å²) in [5.74, 6) is -3.51. The van der Waals surface area contributed by atoms with E-state index < -0.39 is 40.8 Å². The molecule has 3 aliphatic heterocycles. The number of hydrogen-bond acceptors (Lipinski definition) is 8. The maximum Gasteiger partial charge on any atom is 0.342 e. The highest BCUT2D eigenvalue weighted by Crippen LogP contribution is 2.54. The first-order chi connectivity index (χ1) is 14.9. The number of carbonyl (C=O) groups excluding carboxylic acids is 4. The number of hydrogen-bond donors (Lipinski definition) is 1. The third-order valence-electron chi connectivity index (χ3n) is 5.71. The molecule has 5 rings (SSSR count). The molecular formula is C22H17ClN2O6S. The number of anilines is 1. The fraction of sp³-hybridized carbons (Fsp3) is 0.182. The van der Waals surface area contributed by atoms with E-state index in [0.717, 1.165) is 16.7 Å². The van der Waals surface area contributed by atoms with E-state index in [9.17, 15) is 19.2 Å². The SMILES string of the molecule is COC(=O)c1ccccc1N1C(=O)C2SC(N)=C3C(=O)Oc4ccccc4C3C2C1=O.Cl. The molecule has 0 bridgehead atoms. The topological polar surface area (TPSA) is 116 Å². The summed E-state index contributed by atoms with van der Waals surface area (Å²) in [6, 6.07) is 13.1. The summed E-state index contributed by atoms with van der Waals surface area (Å²) in [6.45, 7) is 0. The van der Waals surface area contributed by atoms with E-state index in [4.69, 9.17) is 15.2 Å². The number of rotatable bonds is 2. The van der Waals surface area contributed by atoms with Crippen molar-refractivity contribution in [3.05, 3.63) is 70.3 Å². The van der Waals surface area contributed by atoms with Crippen LogP contribution in [0, 0.1) is 5.92 Å². The van der Waals surface area contributed by atoms with Gasteiger partial charge in [0.1, 0.15) is 11.0 Å². The molecule has 1 saturated heterocycles. The first-order valence-electron chi connectivity index (χ1n) is 9.46. The zero-order chi connectivity index (χ0) is 21.9. The summed E-state index contributed by atoms with van der Waals surface area (Å²) in [4.78, 5) is 52.9. The van der Waals surface area contributed by atoms with Gasteiger partial charge in [0, 0.05) is 11.5 Å². The van der Waals surface area contributed by atoms with Crippen molar-refractivity contribution >= 4 is 53.6 Å². The molecule has 2 aromatic rings. The van der Waals surface area contributed by atoms with Crippen LogP contribution in [0.25, 0.3) is 0 Å². The van der Waals surface area contributed by atoms with Crippen LogP contribution >= 0.6 is 24.2 Å². The number of ether oxygens (including phenoxy) is 2. The van der Waals surface area contributed by atoms with Crippen LogP contribution < -0.4 is 15.4 Å². The second-order valence-corrected chi connectivity index (χ2v) is 8.45. The minimum absolute atomic E-state index is 0. The molecule has 0 saturated carbocycles. The number of para-hydroxylation sites is 2. The third-order valence-corrected chi connectivity index (χ3v) is 6.93. The molecule has 10 heteroatoms. The number of amides is 2. The summed E-state index contributed by atoms with van der Waals surface area (Å²) in [5, 5.41) is -0.666. The Balaban J connectivity index is 0.00000245. The summed E-state index contributed by atoms with van der Waals surface area (Å²) in [5.41, 5.74) is 7.23. The lowest BCUT2D eigenvalue weighted by Gasteiger charge is -2.36. The smallest absolute Gasteiger partial charge is 0.342 e. The van der Waals surface area contributed by atoms with E-state index >= 15 is 0 Å². The van der Waals surface area contributed by atoms with Gasteiger partial charge in [-0.3, -0.25) is 9.59 Å². The molecule has 1 fully saturated rings. The van der Waals surface area contributed by atoms with Gasteiger partial charge in [0.2, 0.25) is 11.8 Å². The average molecular weight is 473 g/mol. The minimum Gasteiger partial charge on any atom is -0.465 e. The monoisotopic (exact) mass is 472 g/mol. The van der Waals surface area contributed by atoms with Gasteiger partial charge in [0.05, 0.1) is 34.9 Å². The Morgan fingerprint density at radius 2 is 1.75 bits per heavy atom. The Morgan fingerprint density at radius 1 is 1.06 bits per heavy atom. The predicted molar refractivity (Wildman–Crippen MR) is 118 cm³/mol. The van der Waals surface area contributed by atoms with E-state index in [0.29, 0.717) is 11.3 Å². The molecule has 164 valence electrons. The molecule has 3 atom stereocenters. The van der Waals surface area contributed by atoms with E-state index in [1.54, 1.807) is 36.4 Å². The Kier molecular flexibility index (Phi) is 5.47. The van der Waals surface area contributed by atoms with Crippen LogP contribution in [-0.2, 0) is 19.1 Å². The first-order valence-corrected chi connectivity index (χ1v) is 10.3. The fourth-order valence-electron chi connectivity index (χ4n) is 4.39. The lowest BCUT2D eigenvalue weighted by molar-refractivity contribution is -0.131. The first kappa shape index (κ1) is 21.9. The van der Waals surface area contributed by atoms with Crippen LogP contribution in [-0.4, -0.2) is 36.1 Å². The maximum atomic E-state index is 13.6. The van der Waals surface area contributed by atoms with Gasteiger partial charge < -0.3 is 15.2 Å². The number of carbonyl (C=O) groups is 4. The number of methoxy groups -OCH3 is 1. The lowest BCUT2D eigenvalue weighted by Crippen LogP contribution is -2.39. The number of fused-ring (bicyclic) bond motifs is 5. The largest absolute Gasteiger partial charge is 0.465 e. The molecule has 3 unspecified atom stereocenters. The van der Waals surface area contributed by atoms with Crippen molar-refractivity contribution in [2.45, 2.75) is 11.2 Å². The molecule has 2 N–H and O–H groups in total. The van der Waals surface area contributed by atoms with Gasteiger partial charge in [-0.2, -0.15) is 0 Å². The van der Waals surface area contributed by atoms with Crippen molar-refractivity contribution in [2.75, 3.05) is 12.0 Å². The number of nitrogens with two attached hydrogens (primary N) is 1. The van der Waals surface area contributed by atoms with E-state index in [2.05, 4.69) is 0 Å². The van der Waals surface area contributed by atoms with Crippen molar-refractivity contribution in [2.24, 2.45) is 11.7 Å². The number of esters is 2. The van der Waals surface area contributed by atoms with Gasteiger partial charge in [-0.05, 0) is 18.2 Å². The summed E-state index contributed by atoms with van der Waals surface area (Å²) in [7, 11) is 1.23. The normalized spacial score (nSPS) is 23.6. The van der Waals surface area contributed by atoms with Crippen LogP contribution in [0.4, 0.5) is 5.69 Å². The molecular weight excluding hydrogens is 456 g/mol. The highest BCUT2D eigenvalue weighted by molar-refractivity contribution is 8.04.